The zero-order valence-electron chi connectivity index (χ0n) is 12.2. The summed E-state index contributed by atoms with van der Waals surface area (Å²) in [5.74, 6) is 0. The molecule has 0 fully saturated rings. The monoisotopic (exact) mass is 270 g/mol. The maximum absolute atomic E-state index is 6.00. The molecule has 0 amide bonds. The van der Waals surface area contributed by atoms with Gasteiger partial charge >= 0.3 is 0 Å². The third-order valence-corrected chi connectivity index (χ3v) is 4.63. The second-order valence-electron chi connectivity index (χ2n) is 4.46. The lowest BCUT2D eigenvalue weighted by Crippen LogP contribution is -2.28. The summed E-state index contributed by atoms with van der Waals surface area (Å²) in [5.41, 5.74) is 0.954. The fourth-order valence-corrected chi connectivity index (χ4v) is 3.48. The Hall–Kier alpha value is -0.450. The molecule has 0 saturated heterocycles. The zero-order chi connectivity index (χ0) is 13.6. The van der Waals surface area contributed by atoms with Crippen LogP contribution in [-0.2, 0) is 10.3 Å². The van der Waals surface area contributed by atoms with Gasteiger partial charge in [-0.05, 0) is 33.2 Å². The van der Waals surface area contributed by atoms with Crippen molar-refractivity contribution in [2.45, 2.75) is 58.6 Å². The van der Waals surface area contributed by atoms with Crippen LogP contribution in [0.1, 0.15) is 63.7 Å². The Morgan fingerprint density at radius 3 is 2.44 bits per heavy atom. The van der Waals surface area contributed by atoms with E-state index < -0.39 is 0 Å². The average molecular weight is 270 g/mol. The van der Waals surface area contributed by atoms with Gasteiger partial charge < -0.3 is 10.1 Å². The smallest absolute Gasteiger partial charge is 0.125 e. The van der Waals surface area contributed by atoms with Gasteiger partial charge in [0.2, 0.25) is 0 Å². The van der Waals surface area contributed by atoms with E-state index in [9.17, 15) is 0 Å². The molecule has 1 rings (SSSR count). The van der Waals surface area contributed by atoms with Crippen LogP contribution in [0.2, 0.25) is 0 Å². The molecule has 18 heavy (non-hydrogen) atoms. The van der Waals surface area contributed by atoms with Crippen LogP contribution in [0.4, 0.5) is 0 Å². The Bertz CT molecular complexity index is 343. The Labute approximate surface area is 115 Å². The molecule has 0 aromatic carbocycles. The summed E-state index contributed by atoms with van der Waals surface area (Å²) < 4.78 is 6.00. The summed E-state index contributed by atoms with van der Waals surface area (Å²) in [6.45, 7) is 9.32. The molecule has 1 atom stereocenters. The van der Waals surface area contributed by atoms with Gasteiger partial charge in [-0.15, -0.1) is 11.3 Å². The van der Waals surface area contributed by atoms with E-state index in [0.29, 0.717) is 6.04 Å². The number of hydrogen-bond acceptors (Lipinski definition) is 4. The largest absolute Gasteiger partial charge is 0.368 e. The lowest BCUT2D eigenvalue weighted by atomic mass is 9.98. The number of nitrogens with zero attached hydrogens (tertiary/aromatic N) is 1. The van der Waals surface area contributed by atoms with Gasteiger partial charge in [0.05, 0.1) is 5.69 Å². The topological polar surface area (TPSA) is 34.1 Å². The molecule has 0 spiro atoms. The summed E-state index contributed by atoms with van der Waals surface area (Å²) in [6, 6.07) is 0.350. The Morgan fingerprint density at radius 2 is 2.00 bits per heavy atom. The van der Waals surface area contributed by atoms with Gasteiger partial charge in [0.15, 0.2) is 0 Å². The first-order valence-corrected chi connectivity index (χ1v) is 7.82. The molecule has 1 heterocycles. The van der Waals surface area contributed by atoms with E-state index in [1.165, 1.54) is 0 Å². The molecule has 4 heteroatoms. The summed E-state index contributed by atoms with van der Waals surface area (Å²) >= 11 is 1.73. The van der Waals surface area contributed by atoms with Crippen LogP contribution >= 0.6 is 11.3 Å². The molecule has 0 aliphatic heterocycles. The first-order valence-electron chi connectivity index (χ1n) is 6.94. The first-order chi connectivity index (χ1) is 8.67. The van der Waals surface area contributed by atoms with E-state index in [1.54, 1.807) is 11.3 Å². The lowest BCUT2D eigenvalue weighted by molar-refractivity contribution is -0.0507. The van der Waals surface area contributed by atoms with Gasteiger partial charge in [-0.3, -0.25) is 0 Å². The second-order valence-corrected chi connectivity index (χ2v) is 5.32. The highest BCUT2D eigenvalue weighted by Gasteiger charge is 2.32. The molecule has 0 aliphatic rings. The van der Waals surface area contributed by atoms with Crippen molar-refractivity contribution in [3.05, 3.63) is 16.1 Å². The van der Waals surface area contributed by atoms with E-state index in [4.69, 9.17) is 9.72 Å². The molecular formula is C14H26N2OS. The predicted octanol–water partition coefficient (Wildman–Crippen LogP) is 3.87. The molecule has 104 valence electrons. The predicted molar refractivity (Wildman–Crippen MR) is 78.1 cm³/mol. The van der Waals surface area contributed by atoms with Crippen LogP contribution in [0, 0.1) is 0 Å². The van der Waals surface area contributed by atoms with Crippen molar-refractivity contribution in [1.29, 1.82) is 0 Å². The summed E-state index contributed by atoms with van der Waals surface area (Å²) in [5, 5.41) is 6.59. The van der Waals surface area contributed by atoms with Crippen molar-refractivity contribution in [3.8, 4) is 0 Å². The van der Waals surface area contributed by atoms with Crippen LogP contribution < -0.4 is 5.32 Å². The Balaban J connectivity index is 3.00. The highest BCUT2D eigenvalue weighted by molar-refractivity contribution is 7.09. The van der Waals surface area contributed by atoms with Crippen molar-refractivity contribution < 1.29 is 4.74 Å². The van der Waals surface area contributed by atoms with E-state index >= 15 is 0 Å². The molecule has 0 aliphatic carbocycles. The standard InChI is InChI=1S/C14H26N2OS/c1-6-11(15-5)12-10-18-13(16-12)14(7-2,8-3)17-9-4/h10-11,15H,6-9H2,1-5H3. The van der Waals surface area contributed by atoms with Crippen LogP contribution in [0.5, 0.6) is 0 Å². The molecule has 1 aromatic heterocycles. The van der Waals surface area contributed by atoms with Crippen LogP contribution in [0.3, 0.4) is 0 Å². The number of rotatable bonds is 8. The minimum absolute atomic E-state index is 0.191. The lowest BCUT2D eigenvalue weighted by Gasteiger charge is -2.29. The molecule has 0 bridgehead atoms. The minimum atomic E-state index is -0.191. The number of aromatic nitrogens is 1. The van der Waals surface area contributed by atoms with Gasteiger partial charge in [0, 0.05) is 18.0 Å². The quantitative estimate of drug-likeness (QED) is 0.778. The Kier molecular flexibility index (Phi) is 6.26. The zero-order valence-corrected chi connectivity index (χ0v) is 13.1. The van der Waals surface area contributed by atoms with Gasteiger partial charge in [-0.25, -0.2) is 4.98 Å². The highest BCUT2D eigenvalue weighted by Crippen LogP contribution is 2.36. The normalized spacial score (nSPS) is 13.8. The fourth-order valence-electron chi connectivity index (χ4n) is 2.31. The van der Waals surface area contributed by atoms with Crippen molar-refractivity contribution in [2.75, 3.05) is 13.7 Å². The van der Waals surface area contributed by atoms with Crippen molar-refractivity contribution in [2.24, 2.45) is 0 Å². The number of hydrogen-bond donors (Lipinski definition) is 1. The third kappa shape index (κ3) is 3.11. The van der Waals surface area contributed by atoms with E-state index in [2.05, 4.69) is 38.4 Å². The maximum atomic E-state index is 6.00. The van der Waals surface area contributed by atoms with Gasteiger partial charge in [-0.1, -0.05) is 20.8 Å². The summed E-state index contributed by atoms with van der Waals surface area (Å²) in [7, 11) is 1.99. The van der Waals surface area contributed by atoms with E-state index in [0.717, 1.165) is 36.6 Å². The van der Waals surface area contributed by atoms with Gasteiger partial charge in [0.25, 0.3) is 0 Å². The molecule has 0 saturated carbocycles. The summed E-state index contributed by atoms with van der Waals surface area (Å²) in [6.07, 6.45) is 3.00. The fraction of sp³-hybridized carbons (Fsp3) is 0.786. The summed E-state index contributed by atoms with van der Waals surface area (Å²) in [4.78, 5) is 4.82. The van der Waals surface area contributed by atoms with E-state index in [1.807, 2.05) is 7.05 Å². The van der Waals surface area contributed by atoms with Crippen LogP contribution in [-0.4, -0.2) is 18.6 Å². The third-order valence-electron chi connectivity index (χ3n) is 3.59. The molecule has 1 aromatic rings. The van der Waals surface area contributed by atoms with Gasteiger partial charge in [0.1, 0.15) is 10.6 Å². The maximum Gasteiger partial charge on any atom is 0.125 e. The molecule has 1 N–H and O–H groups in total. The number of nitrogens with one attached hydrogen (secondary N) is 1. The average Bonchev–Trinajstić information content (AvgIpc) is 2.88. The Morgan fingerprint density at radius 1 is 1.33 bits per heavy atom. The van der Waals surface area contributed by atoms with E-state index in [-0.39, 0.29) is 5.60 Å². The molecule has 0 radical (unpaired) electrons. The molecule has 3 nitrogen and oxygen atoms in total. The van der Waals surface area contributed by atoms with Crippen molar-refractivity contribution >= 4 is 11.3 Å². The van der Waals surface area contributed by atoms with Gasteiger partial charge in [-0.2, -0.15) is 0 Å². The first kappa shape index (κ1) is 15.6. The minimum Gasteiger partial charge on any atom is -0.368 e. The second kappa shape index (κ2) is 7.22. The molecule has 1 unspecified atom stereocenters. The molecular weight excluding hydrogens is 244 g/mol. The number of thiazole rings is 1. The van der Waals surface area contributed by atoms with Crippen LogP contribution in [0.15, 0.2) is 5.38 Å². The number of ether oxygens (including phenoxy) is 1. The van der Waals surface area contributed by atoms with Crippen molar-refractivity contribution in [1.82, 2.24) is 10.3 Å². The highest BCUT2D eigenvalue weighted by atomic mass is 32.1. The SMILES string of the molecule is CCOC(CC)(CC)c1nc(C(CC)NC)cs1. The van der Waals surface area contributed by atoms with Crippen LogP contribution in [0.25, 0.3) is 0 Å². The van der Waals surface area contributed by atoms with Crippen molar-refractivity contribution in [3.63, 3.8) is 0 Å².